The van der Waals surface area contributed by atoms with E-state index in [9.17, 15) is 18.0 Å². The molecule has 0 atom stereocenters. The van der Waals surface area contributed by atoms with Gasteiger partial charge in [0.15, 0.2) is 0 Å². The Hall–Kier alpha value is -2.87. The van der Waals surface area contributed by atoms with Gasteiger partial charge in [-0.25, -0.2) is 13.2 Å². The molecule has 0 radical (unpaired) electrons. The van der Waals surface area contributed by atoms with Crippen LogP contribution in [0.3, 0.4) is 0 Å². The van der Waals surface area contributed by atoms with Crippen LogP contribution in [-0.4, -0.2) is 43.4 Å². The zero-order valence-corrected chi connectivity index (χ0v) is 18.4. The van der Waals surface area contributed by atoms with Crippen molar-refractivity contribution in [1.82, 2.24) is 4.90 Å². The summed E-state index contributed by atoms with van der Waals surface area (Å²) in [7, 11) is -3.92. The number of hydrogen-bond acceptors (Lipinski definition) is 4. The fraction of sp³-hybridized carbons (Fsp3) is 0.364. The molecule has 2 N–H and O–H groups in total. The predicted molar refractivity (Wildman–Crippen MR) is 116 cm³/mol. The van der Waals surface area contributed by atoms with Crippen LogP contribution in [-0.2, 0) is 10.0 Å². The van der Waals surface area contributed by atoms with Crippen molar-refractivity contribution in [3.63, 3.8) is 0 Å². The van der Waals surface area contributed by atoms with Crippen LogP contribution in [0.2, 0.25) is 0 Å². The molecule has 2 aromatic rings. The third kappa shape index (κ3) is 6.32. The Labute approximate surface area is 177 Å². The number of sulfonamides is 1. The van der Waals surface area contributed by atoms with Crippen molar-refractivity contribution in [2.75, 3.05) is 17.8 Å². The van der Waals surface area contributed by atoms with Crippen LogP contribution in [0.25, 0.3) is 0 Å². The van der Waals surface area contributed by atoms with E-state index in [1.165, 1.54) is 30.3 Å². The molecule has 0 bridgehead atoms. The number of rotatable bonds is 9. The number of carboxylic acid groups (broad SMARTS) is 1. The maximum atomic E-state index is 13.0. The summed E-state index contributed by atoms with van der Waals surface area (Å²) in [4.78, 5) is 25.7. The molecule has 0 saturated carbocycles. The summed E-state index contributed by atoms with van der Waals surface area (Å²) in [5, 5.41) is 8.95. The van der Waals surface area contributed by atoms with Gasteiger partial charge in [-0.15, -0.1) is 0 Å². The van der Waals surface area contributed by atoms with Gasteiger partial charge in [-0.2, -0.15) is 0 Å². The van der Waals surface area contributed by atoms with Gasteiger partial charge in [-0.05, 0) is 54.3 Å². The second-order valence-corrected chi connectivity index (χ2v) is 9.70. The number of hydrogen-bond donors (Lipinski definition) is 2. The van der Waals surface area contributed by atoms with E-state index in [1.807, 2.05) is 27.7 Å². The highest BCUT2D eigenvalue weighted by Crippen LogP contribution is 2.19. The number of amides is 1. The van der Waals surface area contributed by atoms with Crippen molar-refractivity contribution in [3.05, 3.63) is 59.7 Å². The van der Waals surface area contributed by atoms with Gasteiger partial charge in [-0.1, -0.05) is 33.8 Å². The van der Waals surface area contributed by atoms with E-state index in [0.717, 1.165) is 0 Å². The zero-order chi connectivity index (χ0) is 22.5. The highest BCUT2D eigenvalue weighted by molar-refractivity contribution is 7.92. The molecule has 0 heterocycles. The van der Waals surface area contributed by atoms with Gasteiger partial charge in [0.25, 0.3) is 15.9 Å². The molecule has 30 heavy (non-hydrogen) atoms. The van der Waals surface area contributed by atoms with E-state index >= 15 is 0 Å². The van der Waals surface area contributed by atoms with Gasteiger partial charge < -0.3 is 10.0 Å². The van der Waals surface area contributed by atoms with Gasteiger partial charge in [0.05, 0.1) is 10.5 Å². The van der Waals surface area contributed by atoms with Crippen molar-refractivity contribution in [1.29, 1.82) is 0 Å². The second-order valence-electron chi connectivity index (χ2n) is 8.01. The first-order valence-corrected chi connectivity index (χ1v) is 11.2. The van der Waals surface area contributed by atoms with Gasteiger partial charge in [0, 0.05) is 24.3 Å². The van der Waals surface area contributed by atoms with Crippen LogP contribution >= 0.6 is 0 Å². The Morgan fingerprint density at radius 3 is 2.00 bits per heavy atom. The molecule has 0 saturated heterocycles. The molecule has 2 aromatic carbocycles. The lowest BCUT2D eigenvalue weighted by atomic mass is 10.1. The standard InChI is InChI=1S/C22H28N2O5S/c1-15(2)13-24(14-16(3)4)21(25)18-6-5-7-19(12-18)23-30(28,29)20-10-8-17(9-11-20)22(26)27/h5-12,15-16,23H,13-14H2,1-4H3,(H,26,27). The predicted octanol–water partition coefficient (Wildman–Crippen LogP) is 3.94. The summed E-state index contributed by atoms with van der Waals surface area (Å²) in [5.41, 5.74) is 0.659. The van der Waals surface area contributed by atoms with E-state index in [-0.39, 0.29) is 22.1 Å². The molecule has 0 fully saturated rings. The fourth-order valence-corrected chi connectivity index (χ4v) is 4.06. The Kier molecular flexibility index (Phi) is 7.61. The summed E-state index contributed by atoms with van der Waals surface area (Å²) >= 11 is 0. The number of nitrogens with zero attached hydrogens (tertiary/aromatic N) is 1. The quantitative estimate of drug-likeness (QED) is 0.625. The summed E-state index contributed by atoms with van der Waals surface area (Å²) in [6.45, 7) is 9.40. The molecule has 0 aliphatic rings. The lowest BCUT2D eigenvalue weighted by Crippen LogP contribution is -2.37. The van der Waals surface area contributed by atoms with Gasteiger partial charge >= 0.3 is 5.97 Å². The normalized spacial score (nSPS) is 11.5. The highest BCUT2D eigenvalue weighted by Gasteiger charge is 2.20. The average molecular weight is 433 g/mol. The van der Waals surface area contributed by atoms with Gasteiger partial charge in [-0.3, -0.25) is 9.52 Å². The lowest BCUT2D eigenvalue weighted by Gasteiger charge is -2.26. The van der Waals surface area contributed by atoms with Gasteiger partial charge in [0.2, 0.25) is 0 Å². The molecule has 0 spiro atoms. The number of carbonyl (C=O) groups excluding carboxylic acids is 1. The van der Waals surface area contributed by atoms with Crippen LogP contribution < -0.4 is 4.72 Å². The van der Waals surface area contributed by atoms with Crippen LogP contribution in [0, 0.1) is 11.8 Å². The molecule has 8 heteroatoms. The molecule has 0 aliphatic carbocycles. The minimum atomic E-state index is -3.92. The first-order chi connectivity index (χ1) is 14.0. The number of aromatic carboxylic acids is 1. The minimum Gasteiger partial charge on any atom is -0.478 e. The SMILES string of the molecule is CC(C)CN(CC(C)C)C(=O)c1cccc(NS(=O)(=O)c2ccc(C(=O)O)cc2)c1. The monoisotopic (exact) mass is 432 g/mol. The van der Waals surface area contributed by atoms with E-state index < -0.39 is 16.0 Å². The number of carbonyl (C=O) groups is 2. The summed E-state index contributed by atoms with van der Waals surface area (Å²) in [5.74, 6) is -0.666. The summed E-state index contributed by atoms with van der Waals surface area (Å²) in [6.07, 6.45) is 0. The topological polar surface area (TPSA) is 104 Å². The fourth-order valence-electron chi connectivity index (χ4n) is 3.01. The van der Waals surface area contributed by atoms with Crippen molar-refractivity contribution < 1.29 is 23.1 Å². The van der Waals surface area contributed by atoms with E-state index in [1.54, 1.807) is 23.1 Å². The second kappa shape index (κ2) is 9.75. The molecule has 162 valence electrons. The Bertz CT molecular complexity index is 988. The van der Waals surface area contributed by atoms with Crippen LogP contribution in [0.1, 0.15) is 48.4 Å². The smallest absolute Gasteiger partial charge is 0.335 e. The zero-order valence-electron chi connectivity index (χ0n) is 17.6. The van der Waals surface area contributed by atoms with Crippen LogP contribution in [0.5, 0.6) is 0 Å². The number of nitrogens with one attached hydrogen (secondary N) is 1. The summed E-state index contributed by atoms with van der Waals surface area (Å²) < 4.78 is 27.7. The number of benzene rings is 2. The molecule has 7 nitrogen and oxygen atoms in total. The average Bonchev–Trinajstić information content (AvgIpc) is 2.66. The maximum absolute atomic E-state index is 13.0. The first kappa shape index (κ1) is 23.4. The van der Waals surface area contributed by atoms with Crippen molar-refractivity contribution in [2.45, 2.75) is 32.6 Å². The Morgan fingerprint density at radius 1 is 0.933 bits per heavy atom. The highest BCUT2D eigenvalue weighted by atomic mass is 32.2. The minimum absolute atomic E-state index is 0.00283. The Morgan fingerprint density at radius 2 is 1.50 bits per heavy atom. The molecular weight excluding hydrogens is 404 g/mol. The van der Waals surface area contributed by atoms with E-state index in [4.69, 9.17) is 5.11 Å². The van der Waals surface area contributed by atoms with Crippen LogP contribution in [0.4, 0.5) is 5.69 Å². The van der Waals surface area contributed by atoms with Crippen molar-refractivity contribution in [3.8, 4) is 0 Å². The molecule has 0 aliphatic heterocycles. The maximum Gasteiger partial charge on any atom is 0.335 e. The molecule has 0 aromatic heterocycles. The molecule has 0 unspecified atom stereocenters. The van der Waals surface area contributed by atoms with E-state index in [2.05, 4.69) is 4.72 Å². The Balaban J connectivity index is 2.25. The van der Waals surface area contributed by atoms with E-state index in [0.29, 0.717) is 30.5 Å². The van der Waals surface area contributed by atoms with Gasteiger partial charge in [0.1, 0.15) is 0 Å². The summed E-state index contributed by atoms with van der Waals surface area (Å²) in [6, 6.07) is 11.3. The molecule has 1 amide bonds. The molecular formula is C22H28N2O5S. The first-order valence-electron chi connectivity index (χ1n) is 9.75. The lowest BCUT2D eigenvalue weighted by molar-refractivity contribution is 0.0693. The number of carboxylic acids is 1. The third-order valence-corrected chi connectivity index (χ3v) is 5.63. The van der Waals surface area contributed by atoms with Crippen molar-refractivity contribution in [2.24, 2.45) is 11.8 Å². The largest absolute Gasteiger partial charge is 0.478 e. The number of anilines is 1. The third-order valence-electron chi connectivity index (χ3n) is 4.23. The molecule has 2 rings (SSSR count). The van der Waals surface area contributed by atoms with Crippen LogP contribution in [0.15, 0.2) is 53.4 Å². The van der Waals surface area contributed by atoms with Crippen molar-refractivity contribution >= 4 is 27.6 Å².